The fourth-order valence-electron chi connectivity index (χ4n) is 2.02. The number of carbonyl (C=O) groups excluding carboxylic acids is 1. The van der Waals surface area contributed by atoms with Crippen LogP contribution in [0, 0.1) is 6.92 Å². The van der Waals surface area contributed by atoms with Gasteiger partial charge in [0.1, 0.15) is 5.75 Å². The maximum absolute atomic E-state index is 11.8. The Morgan fingerprint density at radius 1 is 1.45 bits per heavy atom. The number of likely N-dealkylation sites (N-methyl/N-ethyl adjacent to an activating group) is 1. The molecule has 1 aromatic rings. The third-order valence-electron chi connectivity index (χ3n) is 3.00. The van der Waals surface area contributed by atoms with Gasteiger partial charge in [-0.05, 0) is 45.0 Å². The summed E-state index contributed by atoms with van der Waals surface area (Å²) in [6, 6.07) is 3.91. The fourth-order valence-corrected chi connectivity index (χ4v) is 2.64. The zero-order chi connectivity index (χ0) is 15.3. The molecular formula is C15H23BrN2O2. The van der Waals surface area contributed by atoms with Gasteiger partial charge in [0.2, 0.25) is 5.91 Å². The molecule has 0 aromatic heterocycles. The Bertz CT molecular complexity index is 475. The highest BCUT2D eigenvalue weighted by molar-refractivity contribution is 9.10. The second-order valence-corrected chi connectivity index (χ2v) is 6.17. The molecule has 2 N–H and O–H groups in total. The number of phenols is 1. The molecule has 0 heterocycles. The lowest BCUT2D eigenvalue weighted by atomic mass is 10.1. The molecule has 1 rings (SSSR count). The molecule has 0 aliphatic carbocycles. The summed E-state index contributed by atoms with van der Waals surface area (Å²) in [5.41, 5.74) is 1.66. The number of hydrogen-bond donors (Lipinski definition) is 2. The molecule has 0 radical (unpaired) electrons. The lowest BCUT2D eigenvalue weighted by molar-refractivity contribution is -0.122. The van der Waals surface area contributed by atoms with Crippen molar-refractivity contribution in [1.82, 2.24) is 10.2 Å². The van der Waals surface area contributed by atoms with E-state index in [2.05, 4.69) is 21.2 Å². The van der Waals surface area contributed by atoms with Crippen molar-refractivity contribution in [3.63, 3.8) is 0 Å². The molecule has 0 spiro atoms. The van der Waals surface area contributed by atoms with Crippen molar-refractivity contribution in [3.8, 4) is 5.75 Å². The van der Waals surface area contributed by atoms with E-state index in [9.17, 15) is 9.90 Å². The smallest absolute Gasteiger partial charge is 0.234 e. The van der Waals surface area contributed by atoms with Crippen LogP contribution >= 0.6 is 15.9 Å². The summed E-state index contributed by atoms with van der Waals surface area (Å²) in [7, 11) is 0. The lowest BCUT2D eigenvalue weighted by Gasteiger charge is -2.21. The highest BCUT2D eigenvalue weighted by Gasteiger charge is 2.14. The summed E-state index contributed by atoms with van der Waals surface area (Å²) in [5.74, 6) is 0.309. The van der Waals surface area contributed by atoms with E-state index in [1.165, 1.54) is 0 Å². The van der Waals surface area contributed by atoms with E-state index in [0.717, 1.165) is 22.1 Å². The van der Waals surface area contributed by atoms with E-state index in [4.69, 9.17) is 0 Å². The van der Waals surface area contributed by atoms with Crippen LogP contribution in [0.15, 0.2) is 16.6 Å². The van der Waals surface area contributed by atoms with Gasteiger partial charge in [-0.2, -0.15) is 0 Å². The van der Waals surface area contributed by atoms with Crippen LogP contribution in [0.2, 0.25) is 0 Å². The van der Waals surface area contributed by atoms with Crippen LogP contribution in [0.4, 0.5) is 0 Å². The van der Waals surface area contributed by atoms with Crippen LogP contribution in [-0.2, 0) is 11.3 Å². The Balaban J connectivity index is 2.76. The number of nitrogens with zero attached hydrogens (tertiary/aromatic N) is 1. The van der Waals surface area contributed by atoms with Crippen LogP contribution in [0.5, 0.6) is 5.75 Å². The normalized spacial score (nSPS) is 11.2. The zero-order valence-corrected chi connectivity index (χ0v) is 14.1. The number of benzene rings is 1. The summed E-state index contributed by atoms with van der Waals surface area (Å²) in [5, 5.41) is 13.0. The molecule has 0 unspecified atom stereocenters. The third kappa shape index (κ3) is 5.13. The van der Waals surface area contributed by atoms with Crippen molar-refractivity contribution >= 4 is 21.8 Å². The average molecular weight is 343 g/mol. The van der Waals surface area contributed by atoms with E-state index in [1.807, 2.05) is 44.7 Å². The van der Waals surface area contributed by atoms with Gasteiger partial charge in [0.15, 0.2) is 0 Å². The molecule has 1 amide bonds. The third-order valence-corrected chi connectivity index (χ3v) is 3.46. The van der Waals surface area contributed by atoms with Crippen molar-refractivity contribution in [1.29, 1.82) is 0 Å². The minimum atomic E-state index is 0.00746. The van der Waals surface area contributed by atoms with Gasteiger partial charge in [-0.25, -0.2) is 0 Å². The summed E-state index contributed by atoms with van der Waals surface area (Å²) >= 11 is 3.43. The Hall–Kier alpha value is -1.07. The van der Waals surface area contributed by atoms with Crippen LogP contribution in [0.25, 0.3) is 0 Å². The van der Waals surface area contributed by atoms with Gasteiger partial charge < -0.3 is 10.4 Å². The molecule has 4 nitrogen and oxygen atoms in total. The number of amides is 1. The fraction of sp³-hybridized carbons (Fsp3) is 0.533. The molecule has 0 saturated heterocycles. The van der Waals surface area contributed by atoms with Crippen LogP contribution < -0.4 is 5.32 Å². The molecule has 5 heteroatoms. The maximum Gasteiger partial charge on any atom is 0.234 e. The van der Waals surface area contributed by atoms with E-state index in [-0.39, 0.29) is 11.9 Å². The van der Waals surface area contributed by atoms with Crippen molar-refractivity contribution in [2.45, 2.75) is 40.3 Å². The Morgan fingerprint density at radius 2 is 2.10 bits per heavy atom. The number of hydrogen-bond acceptors (Lipinski definition) is 3. The van der Waals surface area contributed by atoms with Gasteiger partial charge in [-0.1, -0.05) is 22.9 Å². The molecule has 0 aliphatic rings. The standard InChI is InChI=1S/C15H23BrN2O2/c1-5-18(9-14(19)17-10(2)3)8-12-7-13(16)6-11(4)15(12)20/h6-7,10,20H,5,8-9H2,1-4H3,(H,17,19). The number of halogens is 1. The first-order chi connectivity index (χ1) is 9.33. The van der Waals surface area contributed by atoms with E-state index in [1.54, 1.807) is 0 Å². The highest BCUT2D eigenvalue weighted by atomic mass is 79.9. The number of carbonyl (C=O) groups is 1. The second-order valence-electron chi connectivity index (χ2n) is 5.26. The SMILES string of the molecule is CCN(CC(=O)NC(C)C)Cc1cc(Br)cc(C)c1O. The first kappa shape index (κ1) is 17.0. The van der Waals surface area contributed by atoms with E-state index >= 15 is 0 Å². The van der Waals surface area contributed by atoms with Crippen molar-refractivity contribution in [2.24, 2.45) is 0 Å². The number of aromatic hydroxyl groups is 1. The maximum atomic E-state index is 11.8. The van der Waals surface area contributed by atoms with Gasteiger partial charge in [0.05, 0.1) is 6.54 Å². The van der Waals surface area contributed by atoms with Gasteiger partial charge in [-0.3, -0.25) is 9.69 Å². The van der Waals surface area contributed by atoms with E-state index in [0.29, 0.717) is 18.8 Å². The van der Waals surface area contributed by atoms with E-state index < -0.39 is 0 Å². The first-order valence-corrected chi connectivity index (χ1v) is 7.62. The topological polar surface area (TPSA) is 52.6 Å². The Kier molecular flexibility index (Phi) is 6.49. The molecular weight excluding hydrogens is 320 g/mol. The summed E-state index contributed by atoms with van der Waals surface area (Å²) in [6.07, 6.45) is 0. The molecule has 112 valence electrons. The van der Waals surface area contributed by atoms with Gasteiger partial charge in [0.25, 0.3) is 0 Å². The first-order valence-electron chi connectivity index (χ1n) is 6.83. The number of rotatable bonds is 6. The molecule has 0 atom stereocenters. The highest BCUT2D eigenvalue weighted by Crippen LogP contribution is 2.27. The van der Waals surface area contributed by atoms with Crippen molar-refractivity contribution < 1.29 is 9.90 Å². The van der Waals surface area contributed by atoms with Crippen molar-refractivity contribution in [3.05, 3.63) is 27.7 Å². The number of aryl methyl sites for hydroxylation is 1. The molecule has 0 fully saturated rings. The van der Waals surface area contributed by atoms with Gasteiger partial charge in [0, 0.05) is 22.6 Å². The molecule has 0 bridgehead atoms. The second kappa shape index (κ2) is 7.64. The average Bonchev–Trinajstić information content (AvgIpc) is 2.33. The van der Waals surface area contributed by atoms with Crippen LogP contribution in [-0.4, -0.2) is 35.0 Å². The molecule has 0 saturated carbocycles. The van der Waals surface area contributed by atoms with Gasteiger partial charge in [-0.15, -0.1) is 0 Å². The molecule has 0 aliphatic heterocycles. The largest absolute Gasteiger partial charge is 0.507 e. The summed E-state index contributed by atoms with van der Waals surface area (Å²) < 4.78 is 0.936. The summed E-state index contributed by atoms with van der Waals surface area (Å²) in [4.78, 5) is 13.8. The minimum absolute atomic E-state index is 0.00746. The number of nitrogens with one attached hydrogen (secondary N) is 1. The molecule has 1 aromatic carbocycles. The predicted octanol–water partition coefficient (Wildman–Crippen LogP) is 2.81. The quantitative estimate of drug-likeness (QED) is 0.835. The van der Waals surface area contributed by atoms with Crippen molar-refractivity contribution in [2.75, 3.05) is 13.1 Å². The molecule has 20 heavy (non-hydrogen) atoms. The Morgan fingerprint density at radius 3 is 2.65 bits per heavy atom. The van der Waals surface area contributed by atoms with Gasteiger partial charge >= 0.3 is 0 Å². The zero-order valence-electron chi connectivity index (χ0n) is 12.5. The summed E-state index contributed by atoms with van der Waals surface area (Å²) in [6.45, 7) is 9.38. The Labute approximate surface area is 129 Å². The predicted molar refractivity (Wildman–Crippen MR) is 84.8 cm³/mol. The lowest BCUT2D eigenvalue weighted by Crippen LogP contribution is -2.39. The van der Waals surface area contributed by atoms with Crippen LogP contribution in [0.1, 0.15) is 31.9 Å². The van der Waals surface area contributed by atoms with Crippen LogP contribution in [0.3, 0.4) is 0 Å². The number of phenolic OH excluding ortho intramolecular Hbond substituents is 1. The minimum Gasteiger partial charge on any atom is -0.507 e. The monoisotopic (exact) mass is 342 g/mol.